The quantitative estimate of drug-likeness (QED) is 0.915. The molecule has 0 aromatic carbocycles. The monoisotopic (exact) mass is 278 g/mol. The lowest BCUT2D eigenvalue weighted by molar-refractivity contribution is 0.207. The SMILES string of the molecule is CC1(c2nc(-c3ncccc3Cl)no2)CCCCN1. The molecule has 1 N–H and O–H groups in total. The van der Waals surface area contributed by atoms with Crippen molar-refractivity contribution in [2.75, 3.05) is 6.54 Å². The van der Waals surface area contributed by atoms with Crippen LogP contribution in [-0.2, 0) is 5.54 Å². The lowest BCUT2D eigenvalue weighted by atomic mass is 9.91. The molecule has 0 aliphatic carbocycles. The number of piperidine rings is 1. The summed E-state index contributed by atoms with van der Waals surface area (Å²) in [7, 11) is 0. The Bertz CT molecular complexity index is 578. The molecule has 1 unspecified atom stereocenters. The van der Waals surface area contributed by atoms with Gasteiger partial charge in [-0.25, -0.2) is 0 Å². The van der Waals surface area contributed by atoms with Crippen molar-refractivity contribution in [2.24, 2.45) is 0 Å². The molecule has 0 radical (unpaired) electrons. The molecule has 2 aromatic rings. The van der Waals surface area contributed by atoms with Gasteiger partial charge in [0.25, 0.3) is 0 Å². The second-order valence-electron chi connectivity index (χ2n) is 4.97. The molecular weight excluding hydrogens is 264 g/mol. The molecule has 0 saturated carbocycles. The fourth-order valence-electron chi connectivity index (χ4n) is 2.33. The lowest BCUT2D eigenvalue weighted by Crippen LogP contribution is -2.43. The third-order valence-corrected chi connectivity index (χ3v) is 3.79. The van der Waals surface area contributed by atoms with Crippen molar-refractivity contribution in [3.05, 3.63) is 29.2 Å². The van der Waals surface area contributed by atoms with Crippen LogP contribution in [0.5, 0.6) is 0 Å². The van der Waals surface area contributed by atoms with E-state index in [0.717, 1.165) is 19.4 Å². The van der Waals surface area contributed by atoms with Gasteiger partial charge >= 0.3 is 0 Å². The van der Waals surface area contributed by atoms with Crippen LogP contribution in [0.3, 0.4) is 0 Å². The third-order valence-electron chi connectivity index (χ3n) is 3.49. The summed E-state index contributed by atoms with van der Waals surface area (Å²) in [4.78, 5) is 8.64. The summed E-state index contributed by atoms with van der Waals surface area (Å²) in [5.74, 6) is 1.04. The van der Waals surface area contributed by atoms with E-state index in [9.17, 15) is 0 Å². The van der Waals surface area contributed by atoms with Crippen molar-refractivity contribution >= 4 is 11.6 Å². The normalized spacial score (nSPS) is 23.5. The Hall–Kier alpha value is -1.46. The maximum Gasteiger partial charge on any atom is 0.247 e. The van der Waals surface area contributed by atoms with Crippen molar-refractivity contribution in [3.8, 4) is 11.5 Å². The van der Waals surface area contributed by atoms with Crippen molar-refractivity contribution in [1.82, 2.24) is 20.4 Å². The van der Waals surface area contributed by atoms with Gasteiger partial charge in [-0.05, 0) is 44.9 Å². The summed E-state index contributed by atoms with van der Waals surface area (Å²) in [6.07, 6.45) is 5.00. The molecule has 0 amide bonds. The zero-order valence-electron chi connectivity index (χ0n) is 10.7. The predicted molar refractivity (Wildman–Crippen MR) is 71.7 cm³/mol. The third kappa shape index (κ3) is 2.35. The van der Waals surface area contributed by atoms with Crippen LogP contribution in [0.2, 0.25) is 5.02 Å². The second-order valence-corrected chi connectivity index (χ2v) is 5.38. The average molecular weight is 279 g/mol. The van der Waals surface area contributed by atoms with E-state index in [1.165, 1.54) is 6.42 Å². The maximum atomic E-state index is 6.09. The number of aromatic nitrogens is 3. The summed E-state index contributed by atoms with van der Waals surface area (Å²) in [6, 6.07) is 3.54. The minimum Gasteiger partial charge on any atom is -0.337 e. The minimum atomic E-state index is -0.245. The van der Waals surface area contributed by atoms with Crippen LogP contribution in [-0.4, -0.2) is 21.7 Å². The van der Waals surface area contributed by atoms with E-state index < -0.39 is 0 Å². The first-order chi connectivity index (χ1) is 9.19. The van der Waals surface area contributed by atoms with Crippen LogP contribution in [0.1, 0.15) is 32.1 Å². The summed E-state index contributed by atoms with van der Waals surface area (Å²) in [5.41, 5.74) is 0.309. The number of hydrogen-bond donors (Lipinski definition) is 1. The van der Waals surface area contributed by atoms with E-state index >= 15 is 0 Å². The van der Waals surface area contributed by atoms with Crippen LogP contribution >= 0.6 is 11.6 Å². The van der Waals surface area contributed by atoms with E-state index in [-0.39, 0.29) is 5.54 Å². The highest BCUT2D eigenvalue weighted by molar-refractivity contribution is 6.32. The number of rotatable bonds is 2. The Balaban J connectivity index is 1.93. The number of halogens is 1. The standard InChI is InChI=1S/C13H15ClN4O/c1-13(6-2-3-8-16-13)12-17-11(18-19-12)10-9(14)5-4-7-15-10/h4-5,7,16H,2-3,6,8H2,1H3. The lowest BCUT2D eigenvalue weighted by Gasteiger charge is -2.31. The first kappa shape index (κ1) is 12.6. The summed E-state index contributed by atoms with van der Waals surface area (Å²) in [5, 5.41) is 7.96. The topological polar surface area (TPSA) is 63.8 Å². The Morgan fingerprint density at radius 1 is 1.42 bits per heavy atom. The predicted octanol–water partition coefficient (Wildman–Crippen LogP) is 2.77. The highest BCUT2D eigenvalue weighted by Crippen LogP contribution is 2.30. The molecule has 100 valence electrons. The molecule has 2 aromatic heterocycles. The molecule has 3 rings (SSSR count). The van der Waals surface area contributed by atoms with Crippen LogP contribution in [0, 0.1) is 0 Å². The number of pyridine rings is 1. The van der Waals surface area contributed by atoms with Crippen LogP contribution in [0.25, 0.3) is 11.5 Å². The summed E-state index contributed by atoms with van der Waals surface area (Å²) < 4.78 is 5.39. The number of nitrogens with one attached hydrogen (secondary N) is 1. The minimum absolute atomic E-state index is 0.245. The fraction of sp³-hybridized carbons (Fsp3) is 0.462. The van der Waals surface area contributed by atoms with Crippen molar-refractivity contribution < 1.29 is 4.52 Å². The zero-order chi connectivity index (χ0) is 13.3. The molecule has 6 heteroatoms. The smallest absolute Gasteiger partial charge is 0.247 e. The van der Waals surface area contributed by atoms with Gasteiger partial charge in [-0.15, -0.1) is 0 Å². The van der Waals surface area contributed by atoms with Gasteiger partial charge in [0.2, 0.25) is 11.7 Å². The van der Waals surface area contributed by atoms with Crippen molar-refractivity contribution in [3.63, 3.8) is 0 Å². The van der Waals surface area contributed by atoms with E-state index in [1.807, 2.05) is 0 Å². The number of hydrogen-bond acceptors (Lipinski definition) is 5. The molecule has 1 fully saturated rings. The van der Waals surface area contributed by atoms with Gasteiger partial charge in [0.15, 0.2) is 0 Å². The molecule has 19 heavy (non-hydrogen) atoms. The Morgan fingerprint density at radius 2 is 2.32 bits per heavy atom. The molecule has 1 aliphatic heterocycles. The van der Waals surface area contributed by atoms with Gasteiger partial charge in [0, 0.05) is 6.20 Å². The average Bonchev–Trinajstić information content (AvgIpc) is 2.90. The van der Waals surface area contributed by atoms with Gasteiger partial charge in [-0.2, -0.15) is 4.98 Å². The molecule has 0 bridgehead atoms. The first-order valence-corrected chi connectivity index (χ1v) is 6.77. The Morgan fingerprint density at radius 3 is 3.05 bits per heavy atom. The van der Waals surface area contributed by atoms with E-state index in [4.69, 9.17) is 16.1 Å². The van der Waals surface area contributed by atoms with Gasteiger partial charge in [0.1, 0.15) is 5.69 Å². The molecule has 1 saturated heterocycles. The number of nitrogens with zero attached hydrogens (tertiary/aromatic N) is 3. The van der Waals surface area contributed by atoms with Crippen LogP contribution < -0.4 is 5.32 Å². The summed E-state index contributed by atoms with van der Waals surface area (Å²) in [6.45, 7) is 3.06. The van der Waals surface area contributed by atoms with Crippen molar-refractivity contribution in [1.29, 1.82) is 0 Å². The molecular formula is C13H15ClN4O. The van der Waals surface area contributed by atoms with Crippen molar-refractivity contribution in [2.45, 2.75) is 31.7 Å². The van der Waals surface area contributed by atoms with Gasteiger partial charge in [0.05, 0.1) is 10.6 Å². The summed E-state index contributed by atoms with van der Waals surface area (Å²) >= 11 is 6.09. The Labute approximate surface area is 116 Å². The first-order valence-electron chi connectivity index (χ1n) is 6.39. The van der Waals surface area contributed by atoms with Gasteiger partial charge in [-0.3, -0.25) is 4.98 Å². The van der Waals surface area contributed by atoms with Gasteiger partial charge in [-0.1, -0.05) is 16.8 Å². The molecule has 0 spiro atoms. The van der Waals surface area contributed by atoms with Gasteiger partial charge < -0.3 is 9.84 Å². The van der Waals surface area contributed by atoms with E-state index in [0.29, 0.717) is 22.4 Å². The highest BCUT2D eigenvalue weighted by Gasteiger charge is 2.34. The zero-order valence-corrected chi connectivity index (χ0v) is 11.4. The fourth-order valence-corrected chi connectivity index (χ4v) is 2.54. The Kier molecular flexibility index (Phi) is 3.24. The maximum absolute atomic E-state index is 6.09. The molecule has 3 heterocycles. The van der Waals surface area contributed by atoms with E-state index in [2.05, 4.69) is 27.4 Å². The van der Waals surface area contributed by atoms with Crippen LogP contribution in [0.15, 0.2) is 22.9 Å². The second kappa shape index (κ2) is 4.90. The largest absolute Gasteiger partial charge is 0.337 e. The molecule has 1 aliphatic rings. The molecule has 5 nitrogen and oxygen atoms in total. The molecule has 1 atom stereocenters. The highest BCUT2D eigenvalue weighted by atomic mass is 35.5. The van der Waals surface area contributed by atoms with Crippen LogP contribution in [0.4, 0.5) is 0 Å². The van der Waals surface area contributed by atoms with E-state index in [1.54, 1.807) is 18.3 Å².